The molecule has 0 aliphatic carbocycles. The molecule has 0 unspecified atom stereocenters. The first kappa shape index (κ1) is 15.3. The summed E-state index contributed by atoms with van der Waals surface area (Å²) in [6, 6.07) is 11.1. The van der Waals surface area contributed by atoms with Gasteiger partial charge in [0.15, 0.2) is 11.5 Å². The zero-order valence-electron chi connectivity index (χ0n) is 13.9. The van der Waals surface area contributed by atoms with Gasteiger partial charge < -0.3 is 24.1 Å². The van der Waals surface area contributed by atoms with Crippen LogP contribution in [0.2, 0.25) is 0 Å². The molecule has 0 atom stereocenters. The van der Waals surface area contributed by atoms with E-state index in [-0.39, 0.29) is 12.7 Å². The number of ether oxygens (including phenoxy) is 3. The van der Waals surface area contributed by atoms with Gasteiger partial charge in [0.25, 0.3) is 0 Å². The maximum Gasteiger partial charge on any atom is 0.231 e. The summed E-state index contributed by atoms with van der Waals surface area (Å²) in [4.78, 5) is 15.8. The monoisotopic (exact) mass is 339 g/mol. The Morgan fingerprint density at radius 1 is 1.24 bits per heavy atom. The number of aryl methyl sites for hydroxylation is 1. The van der Waals surface area contributed by atoms with Crippen LogP contribution in [-0.4, -0.2) is 22.3 Å². The highest BCUT2D eigenvalue weighted by molar-refractivity contribution is 5.91. The molecule has 7 nitrogen and oxygen atoms in total. The van der Waals surface area contributed by atoms with Crippen molar-refractivity contribution in [2.75, 3.05) is 12.1 Å². The van der Waals surface area contributed by atoms with Gasteiger partial charge in [0.2, 0.25) is 12.7 Å². The molecule has 1 aliphatic rings. The standard InChI is InChI=1S/C18H17N3O4/c1-11(22)19-12-3-5-15-14(7-12)20-18(21(15)2)9-23-13-4-6-16-17(8-13)25-10-24-16/h3-8H,9-10H2,1-2H3,(H,19,22). The molecule has 1 aliphatic heterocycles. The molecule has 25 heavy (non-hydrogen) atoms. The zero-order valence-corrected chi connectivity index (χ0v) is 13.9. The van der Waals surface area contributed by atoms with E-state index >= 15 is 0 Å². The summed E-state index contributed by atoms with van der Waals surface area (Å²) in [6.07, 6.45) is 0. The van der Waals surface area contributed by atoms with Gasteiger partial charge in [-0.05, 0) is 30.3 Å². The Morgan fingerprint density at radius 2 is 2.08 bits per heavy atom. The fraction of sp³-hybridized carbons (Fsp3) is 0.222. The van der Waals surface area contributed by atoms with Crippen molar-refractivity contribution in [3.63, 3.8) is 0 Å². The van der Waals surface area contributed by atoms with E-state index in [4.69, 9.17) is 14.2 Å². The molecule has 0 fully saturated rings. The van der Waals surface area contributed by atoms with Gasteiger partial charge in [0.05, 0.1) is 11.0 Å². The van der Waals surface area contributed by atoms with Gasteiger partial charge in [-0.25, -0.2) is 4.98 Å². The van der Waals surface area contributed by atoms with Gasteiger partial charge in [-0.2, -0.15) is 0 Å². The van der Waals surface area contributed by atoms with Crippen LogP contribution in [0.1, 0.15) is 12.7 Å². The lowest BCUT2D eigenvalue weighted by atomic mass is 10.2. The normalized spacial score (nSPS) is 12.4. The number of anilines is 1. The van der Waals surface area contributed by atoms with Gasteiger partial charge in [0, 0.05) is 25.7 Å². The van der Waals surface area contributed by atoms with E-state index in [9.17, 15) is 4.79 Å². The average molecular weight is 339 g/mol. The largest absolute Gasteiger partial charge is 0.486 e. The Labute approximate surface area is 144 Å². The highest BCUT2D eigenvalue weighted by Crippen LogP contribution is 2.35. The van der Waals surface area contributed by atoms with E-state index in [1.54, 1.807) is 6.07 Å². The third-order valence-electron chi connectivity index (χ3n) is 4.01. The number of hydrogen-bond acceptors (Lipinski definition) is 5. The van der Waals surface area contributed by atoms with E-state index in [0.717, 1.165) is 28.3 Å². The molecule has 2 heterocycles. The fourth-order valence-electron chi connectivity index (χ4n) is 2.77. The molecule has 1 N–H and O–H groups in total. The third kappa shape index (κ3) is 2.96. The Balaban J connectivity index is 1.54. The molecule has 7 heteroatoms. The summed E-state index contributed by atoms with van der Waals surface area (Å²) in [5.41, 5.74) is 2.50. The molecule has 0 spiro atoms. The molecule has 4 rings (SSSR count). The zero-order chi connectivity index (χ0) is 17.4. The van der Waals surface area contributed by atoms with Crippen LogP contribution in [-0.2, 0) is 18.4 Å². The quantitative estimate of drug-likeness (QED) is 0.791. The highest BCUT2D eigenvalue weighted by Gasteiger charge is 2.15. The number of benzene rings is 2. The van der Waals surface area contributed by atoms with Crippen LogP contribution in [0.25, 0.3) is 11.0 Å². The van der Waals surface area contributed by atoms with Crippen molar-refractivity contribution in [3.8, 4) is 17.2 Å². The van der Waals surface area contributed by atoms with E-state index in [1.807, 2.05) is 41.9 Å². The van der Waals surface area contributed by atoms with E-state index in [2.05, 4.69) is 10.3 Å². The second kappa shape index (κ2) is 6.01. The predicted molar refractivity (Wildman–Crippen MR) is 91.9 cm³/mol. The number of nitrogens with zero attached hydrogens (tertiary/aromatic N) is 2. The maximum atomic E-state index is 11.2. The van der Waals surface area contributed by atoms with Gasteiger partial charge in [0.1, 0.15) is 18.2 Å². The molecule has 2 aromatic carbocycles. The smallest absolute Gasteiger partial charge is 0.231 e. The minimum Gasteiger partial charge on any atom is -0.486 e. The number of imidazole rings is 1. The SMILES string of the molecule is CC(=O)Nc1ccc2c(c1)nc(COc1ccc3c(c1)OCO3)n2C. The first-order chi connectivity index (χ1) is 12.1. The second-order valence-electron chi connectivity index (χ2n) is 5.78. The van der Waals surface area contributed by atoms with Crippen LogP contribution in [0.5, 0.6) is 17.2 Å². The van der Waals surface area contributed by atoms with Gasteiger partial charge >= 0.3 is 0 Å². The van der Waals surface area contributed by atoms with E-state index in [0.29, 0.717) is 18.1 Å². The summed E-state index contributed by atoms with van der Waals surface area (Å²) in [7, 11) is 1.94. The number of aromatic nitrogens is 2. The summed E-state index contributed by atoms with van der Waals surface area (Å²) in [5.74, 6) is 2.77. The van der Waals surface area contributed by atoms with Crippen LogP contribution in [0, 0.1) is 0 Å². The predicted octanol–water partition coefficient (Wildman–Crippen LogP) is 2.84. The first-order valence-corrected chi connectivity index (χ1v) is 7.85. The number of fused-ring (bicyclic) bond motifs is 2. The number of amides is 1. The van der Waals surface area contributed by atoms with Crippen LogP contribution in [0.3, 0.4) is 0 Å². The maximum absolute atomic E-state index is 11.2. The average Bonchev–Trinajstić information content (AvgIpc) is 3.16. The van der Waals surface area contributed by atoms with Crippen molar-refractivity contribution in [1.29, 1.82) is 0 Å². The minimum atomic E-state index is -0.110. The topological polar surface area (TPSA) is 74.6 Å². The number of nitrogens with one attached hydrogen (secondary N) is 1. The number of hydrogen-bond donors (Lipinski definition) is 1. The molecule has 128 valence electrons. The second-order valence-corrected chi connectivity index (χ2v) is 5.78. The lowest BCUT2D eigenvalue weighted by Crippen LogP contribution is -2.05. The first-order valence-electron chi connectivity index (χ1n) is 7.85. The van der Waals surface area contributed by atoms with Gasteiger partial charge in [-0.3, -0.25) is 4.79 Å². The molecule has 0 saturated carbocycles. The fourth-order valence-corrected chi connectivity index (χ4v) is 2.77. The molecule has 0 radical (unpaired) electrons. The van der Waals surface area contributed by atoms with Crippen molar-refractivity contribution >= 4 is 22.6 Å². The molecular formula is C18H17N3O4. The van der Waals surface area contributed by atoms with Crippen LogP contribution >= 0.6 is 0 Å². The summed E-state index contributed by atoms with van der Waals surface area (Å²) in [6.45, 7) is 2.04. The number of carbonyl (C=O) groups is 1. The van der Waals surface area contributed by atoms with Crippen LogP contribution in [0.15, 0.2) is 36.4 Å². The number of rotatable bonds is 4. The summed E-state index contributed by atoms with van der Waals surface area (Å²) < 4.78 is 18.4. The summed E-state index contributed by atoms with van der Waals surface area (Å²) >= 11 is 0. The Morgan fingerprint density at radius 3 is 2.92 bits per heavy atom. The molecular weight excluding hydrogens is 322 g/mol. The Bertz CT molecular complexity index is 964. The molecule has 1 amide bonds. The molecule has 0 bridgehead atoms. The van der Waals surface area contributed by atoms with Crippen molar-refractivity contribution in [1.82, 2.24) is 9.55 Å². The lowest BCUT2D eigenvalue weighted by molar-refractivity contribution is -0.114. The van der Waals surface area contributed by atoms with Crippen LogP contribution < -0.4 is 19.5 Å². The van der Waals surface area contributed by atoms with Gasteiger partial charge in [-0.1, -0.05) is 0 Å². The van der Waals surface area contributed by atoms with Crippen LogP contribution in [0.4, 0.5) is 5.69 Å². The Hall–Kier alpha value is -3.22. The van der Waals surface area contributed by atoms with Crippen molar-refractivity contribution in [2.45, 2.75) is 13.5 Å². The lowest BCUT2D eigenvalue weighted by Gasteiger charge is -2.07. The Kier molecular flexibility index (Phi) is 3.68. The highest BCUT2D eigenvalue weighted by atomic mass is 16.7. The number of carbonyl (C=O) groups excluding carboxylic acids is 1. The van der Waals surface area contributed by atoms with Gasteiger partial charge in [-0.15, -0.1) is 0 Å². The molecule has 0 saturated heterocycles. The van der Waals surface area contributed by atoms with E-state index < -0.39 is 0 Å². The van der Waals surface area contributed by atoms with Crippen molar-refractivity contribution < 1.29 is 19.0 Å². The third-order valence-corrected chi connectivity index (χ3v) is 4.01. The van der Waals surface area contributed by atoms with E-state index in [1.165, 1.54) is 6.92 Å². The summed E-state index contributed by atoms with van der Waals surface area (Å²) in [5, 5.41) is 2.76. The van der Waals surface area contributed by atoms with Crippen molar-refractivity contribution in [2.24, 2.45) is 7.05 Å². The minimum absolute atomic E-state index is 0.110. The molecule has 1 aromatic heterocycles. The van der Waals surface area contributed by atoms with Crippen molar-refractivity contribution in [3.05, 3.63) is 42.2 Å². The molecule has 3 aromatic rings.